The Morgan fingerprint density at radius 1 is 1.73 bits per heavy atom. The molecule has 0 atom stereocenters. The third-order valence-corrected chi connectivity index (χ3v) is 1.51. The lowest BCUT2D eigenvalue weighted by molar-refractivity contribution is -0.141. The third kappa shape index (κ3) is 3.17. The van der Waals surface area contributed by atoms with Crippen LogP contribution in [0.1, 0.15) is 24.6 Å². The number of nitrogens with one attached hydrogen (secondary N) is 1. The number of ether oxygens (including phenoxy) is 1. The number of aromatic nitrogens is 2. The van der Waals surface area contributed by atoms with Crippen molar-refractivity contribution in [3.8, 4) is 17.9 Å². The summed E-state index contributed by atoms with van der Waals surface area (Å²) in [4.78, 5) is 10.9. The van der Waals surface area contributed by atoms with E-state index >= 15 is 0 Å². The van der Waals surface area contributed by atoms with Crippen LogP contribution in [0.25, 0.3) is 0 Å². The molecule has 5 nitrogen and oxygen atoms in total. The number of aromatic amines is 1. The molecule has 1 aromatic heterocycles. The third-order valence-electron chi connectivity index (χ3n) is 1.51. The van der Waals surface area contributed by atoms with Gasteiger partial charge in [-0.1, -0.05) is 11.8 Å². The number of rotatable bonds is 2. The van der Waals surface area contributed by atoms with E-state index in [4.69, 9.17) is 5.26 Å². The molecule has 0 amide bonds. The highest BCUT2D eigenvalue weighted by atomic mass is 16.5. The van der Waals surface area contributed by atoms with E-state index < -0.39 is 0 Å². The zero-order chi connectivity index (χ0) is 11.1. The van der Waals surface area contributed by atoms with Crippen LogP contribution in [-0.2, 0) is 9.53 Å². The average Bonchev–Trinajstić information content (AvgIpc) is 2.66. The molecule has 1 N–H and O–H groups in total. The van der Waals surface area contributed by atoms with Crippen LogP contribution in [0.5, 0.6) is 0 Å². The Bertz CT molecular complexity index is 445. The Balaban J connectivity index is 2.59. The molecule has 1 heterocycles. The second-order valence-electron chi connectivity index (χ2n) is 2.55. The van der Waals surface area contributed by atoms with Crippen LogP contribution >= 0.6 is 0 Å². The highest BCUT2D eigenvalue weighted by Crippen LogP contribution is 1.99. The summed E-state index contributed by atoms with van der Waals surface area (Å²) >= 11 is 0. The van der Waals surface area contributed by atoms with Crippen molar-refractivity contribution in [2.75, 3.05) is 6.61 Å². The van der Waals surface area contributed by atoms with Crippen molar-refractivity contribution < 1.29 is 9.53 Å². The standard InChI is InChI=1S/C10H9N3O2/c1-2-15-10(14)5-3-4-8-7-12-13-9(8)6-11/h7H,2,5H2,1H3,(H,12,13). The van der Waals surface area contributed by atoms with Crippen molar-refractivity contribution in [1.29, 1.82) is 5.26 Å². The smallest absolute Gasteiger partial charge is 0.317 e. The van der Waals surface area contributed by atoms with E-state index in [0.717, 1.165) is 0 Å². The lowest BCUT2D eigenvalue weighted by Crippen LogP contribution is -2.01. The largest absolute Gasteiger partial charge is 0.465 e. The molecule has 0 bridgehead atoms. The highest BCUT2D eigenvalue weighted by Gasteiger charge is 2.00. The van der Waals surface area contributed by atoms with Crippen molar-refractivity contribution in [2.45, 2.75) is 13.3 Å². The lowest BCUT2D eigenvalue weighted by Gasteiger charge is -1.94. The van der Waals surface area contributed by atoms with Gasteiger partial charge < -0.3 is 4.74 Å². The number of carbonyl (C=O) groups excluding carboxylic acids is 1. The summed E-state index contributed by atoms with van der Waals surface area (Å²) in [5.74, 6) is 4.91. The molecule has 0 saturated carbocycles. The van der Waals surface area contributed by atoms with Gasteiger partial charge in [0.15, 0.2) is 5.69 Å². The molecule has 0 saturated heterocycles. The first kappa shape index (κ1) is 10.8. The van der Waals surface area contributed by atoms with Crippen molar-refractivity contribution >= 4 is 5.97 Å². The van der Waals surface area contributed by atoms with E-state index in [2.05, 4.69) is 26.8 Å². The van der Waals surface area contributed by atoms with Gasteiger partial charge >= 0.3 is 5.97 Å². The molecule has 1 aromatic rings. The van der Waals surface area contributed by atoms with Gasteiger partial charge in [-0.15, -0.1) is 0 Å². The first-order valence-corrected chi connectivity index (χ1v) is 4.36. The van der Waals surface area contributed by atoms with E-state index in [1.165, 1.54) is 6.20 Å². The fourth-order valence-corrected chi connectivity index (χ4v) is 0.890. The molecule has 0 fully saturated rings. The zero-order valence-electron chi connectivity index (χ0n) is 8.20. The van der Waals surface area contributed by atoms with Crippen molar-refractivity contribution in [3.05, 3.63) is 17.5 Å². The van der Waals surface area contributed by atoms with Crippen LogP contribution in [0.15, 0.2) is 6.20 Å². The van der Waals surface area contributed by atoms with E-state index in [1.54, 1.807) is 6.92 Å². The van der Waals surface area contributed by atoms with Crippen LogP contribution in [0.3, 0.4) is 0 Å². The number of H-pyrrole nitrogens is 1. The molecular formula is C10H9N3O2. The summed E-state index contributed by atoms with van der Waals surface area (Å²) in [5.41, 5.74) is 0.785. The topological polar surface area (TPSA) is 78.8 Å². The molecule has 15 heavy (non-hydrogen) atoms. The van der Waals surface area contributed by atoms with Crippen LogP contribution in [-0.4, -0.2) is 22.8 Å². The number of hydrogen-bond donors (Lipinski definition) is 1. The average molecular weight is 203 g/mol. The number of esters is 1. The number of carbonyl (C=O) groups is 1. The molecule has 0 aromatic carbocycles. The van der Waals surface area contributed by atoms with E-state index in [0.29, 0.717) is 17.9 Å². The fraction of sp³-hybridized carbons (Fsp3) is 0.300. The molecule has 1 rings (SSSR count). The normalized spacial score (nSPS) is 8.53. The second kappa shape index (κ2) is 5.46. The second-order valence-corrected chi connectivity index (χ2v) is 2.55. The van der Waals surface area contributed by atoms with Gasteiger partial charge in [-0.25, -0.2) is 0 Å². The van der Waals surface area contributed by atoms with E-state index in [1.807, 2.05) is 6.07 Å². The summed E-state index contributed by atoms with van der Waals surface area (Å²) in [5, 5.41) is 14.8. The molecule has 0 aliphatic heterocycles. The quantitative estimate of drug-likeness (QED) is 0.563. The molecule has 0 aliphatic carbocycles. The van der Waals surface area contributed by atoms with Crippen LogP contribution in [0.2, 0.25) is 0 Å². The first-order chi connectivity index (χ1) is 7.27. The Labute approximate surface area is 87.1 Å². The van der Waals surface area contributed by atoms with Crippen LogP contribution in [0.4, 0.5) is 0 Å². The number of hydrogen-bond acceptors (Lipinski definition) is 4. The Morgan fingerprint density at radius 2 is 2.53 bits per heavy atom. The van der Waals surface area contributed by atoms with Crippen LogP contribution in [0, 0.1) is 23.2 Å². The Morgan fingerprint density at radius 3 is 3.20 bits per heavy atom. The molecule has 0 aliphatic rings. The van der Waals surface area contributed by atoms with Crippen molar-refractivity contribution in [1.82, 2.24) is 10.2 Å². The fourth-order valence-electron chi connectivity index (χ4n) is 0.890. The minimum atomic E-state index is -0.369. The minimum absolute atomic E-state index is 0.0177. The highest BCUT2D eigenvalue weighted by molar-refractivity contribution is 5.72. The minimum Gasteiger partial charge on any atom is -0.465 e. The Kier molecular flexibility index (Phi) is 3.93. The molecule has 5 heteroatoms. The maximum absolute atomic E-state index is 10.9. The monoisotopic (exact) mass is 203 g/mol. The molecule has 0 unspecified atom stereocenters. The molecular weight excluding hydrogens is 194 g/mol. The molecule has 0 spiro atoms. The predicted octanol–water partition coefficient (Wildman–Crippen LogP) is 0.586. The van der Waals surface area contributed by atoms with Gasteiger partial charge in [0.25, 0.3) is 0 Å². The lowest BCUT2D eigenvalue weighted by atomic mass is 10.2. The van der Waals surface area contributed by atoms with Gasteiger partial charge in [0.2, 0.25) is 0 Å². The summed E-state index contributed by atoms with van der Waals surface area (Å²) < 4.78 is 4.69. The zero-order valence-corrected chi connectivity index (χ0v) is 8.20. The maximum atomic E-state index is 10.9. The van der Waals surface area contributed by atoms with Gasteiger partial charge in [0.05, 0.1) is 18.4 Å². The van der Waals surface area contributed by atoms with Gasteiger partial charge in [-0.2, -0.15) is 10.4 Å². The van der Waals surface area contributed by atoms with Crippen molar-refractivity contribution in [2.24, 2.45) is 0 Å². The molecule has 0 radical (unpaired) electrons. The summed E-state index contributed by atoms with van der Waals surface area (Å²) in [6, 6.07) is 1.90. The van der Waals surface area contributed by atoms with Gasteiger partial charge in [-0.3, -0.25) is 9.89 Å². The van der Waals surface area contributed by atoms with Gasteiger partial charge in [-0.05, 0) is 6.92 Å². The predicted molar refractivity (Wildman–Crippen MR) is 51.4 cm³/mol. The van der Waals surface area contributed by atoms with Gasteiger partial charge in [0.1, 0.15) is 12.5 Å². The van der Waals surface area contributed by atoms with E-state index in [-0.39, 0.29) is 12.4 Å². The first-order valence-electron chi connectivity index (χ1n) is 4.36. The summed E-state index contributed by atoms with van der Waals surface area (Å²) in [7, 11) is 0. The number of nitrogens with zero attached hydrogens (tertiary/aromatic N) is 2. The number of nitriles is 1. The maximum Gasteiger partial charge on any atom is 0.317 e. The van der Waals surface area contributed by atoms with E-state index in [9.17, 15) is 4.79 Å². The van der Waals surface area contributed by atoms with Crippen molar-refractivity contribution in [3.63, 3.8) is 0 Å². The summed E-state index contributed by atoms with van der Waals surface area (Å²) in [6.07, 6.45) is 1.46. The Hall–Kier alpha value is -2.27. The molecule has 76 valence electrons. The SMILES string of the molecule is CCOC(=O)CC#Cc1cn[nH]c1C#N. The summed E-state index contributed by atoms with van der Waals surface area (Å²) in [6.45, 7) is 2.07. The van der Waals surface area contributed by atoms with Crippen LogP contribution < -0.4 is 0 Å². The van der Waals surface area contributed by atoms with Gasteiger partial charge in [0, 0.05) is 0 Å².